The number of benzene rings is 3. The molecule has 46 heavy (non-hydrogen) atoms. The molecule has 3 aliphatic rings. The second-order valence-corrected chi connectivity index (χ2v) is 12.4. The Balaban J connectivity index is 1.04. The lowest BCUT2D eigenvalue weighted by Crippen LogP contribution is -2.23. The minimum atomic E-state index is 0.0294. The molecule has 6 nitrogen and oxygen atoms in total. The van der Waals surface area contributed by atoms with Gasteiger partial charge in [-0.05, 0) is 64.4 Å². The van der Waals surface area contributed by atoms with Gasteiger partial charge >= 0.3 is 0 Å². The van der Waals surface area contributed by atoms with E-state index in [0.717, 1.165) is 61.4 Å². The Morgan fingerprint density at radius 1 is 0.696 bits per heavy atom. The summed E-state index contributed by atoms with van der Waals surface area (Å²) in [5.41, 5.74) is 12.4. The molecule has 9 rings (SSSR count). The number of thioether (sulfide) groups is 1. The molecule has 1 unspecified atom stereocenters. The number of aliphatic imine (C=N–C) groups is 2. The first kappa shape index (κ1) is 26.7. The molecule has 0 saturated carbocycles. The first-order valence-electron chi connectivity index (χ1n) is 15.2. The highest BCUT2D eigenvalue weighted by Crippen LogP contribution is 2.47. The average Bonchev–Trinajstić information content (AvgIpc) is 3.71. The van der Waals surface area contributed by atoms with Crippen molar-refractivity contribution in [1.29, 1.82) is 0 Å². The molecule has 6 heterocycles. The van der Waals surface area contributed by atoms with Crippen LogP contribution in [0.25, 0.3) is 44.5 Å². The number of rotatable bonds is 5. The highest BCUT2D eigenvalue weighted by Gasteiger charge is 2.38. The van der Waals surface area contributed by atoms with Gasteiger partial charge < -0.3 is 5.32 Å². The second-order valence-electron chi connectivity index (χ2n) is 11.3. The molecule has 218 valence electrons. The van der Waals surface area contributed by atoms with Crippen LogP contribution in [0.15, 0.2) is 160 Å². The Labute approximate surface area is 270 Å². The molecule has 0 saturated heterocycles. The van der Waals surface area contributed by atoms with Gasteiger partial charge in [0.2, 0.25) is 0 Å². The van der Waals surface area contributed by atoms with E-state index in [1.165, 1.54) is 21.9 Å². The molecule has 0 bridgehead atoms. The molecular weight excluding hydrogens is 585 g/mol. The normalized spacial score (nSPS) is 16.8. The molecule has 0 spiro atoms. The number of hydrogen-bond donors (Lipinski definition) is 1. The minimum Gasteiger partial charge on any atom is -0.365 e. The molecule has 3 aliphatic heterocycles. The van der Waals surface area contributed by atoms with E-state index in [1.54, 1.807) is 24.2 Å². The van der Waals surface area contributed by atoms with Crippen molar-refractivity contribution in [2.75, 3.05) is 6.67 Å². The molecular formula is C39H26N6S. The topological polar surface area (TPSA) is 75.4 Å². The van der Waals surface area contributed by atoms with Crippen LogP contribution < -0.4 is 5.32 Å². The van der Waals surface area contributed by atoms with Crippen molar-refractivity contribution in [2.24, 2.45) is 9.98 Å². The van der Waals surface area contributed by atoms with Crippen LogP contribution in [0.4, 0.5) is 0 Å². The fraction of sp³-hybridized carbons (Fsp3) is 0.0513. The SMILES string of the molecule is C1=C2C3=C(SC2N=C1c1cccc2ccccc12)C(c1ccc(-c2cc(-c4cccnc4)nc(-c4ccccn4)c2)cc1)=NCN3. The first-order chi connectivity index (χ1) is 22.8. The zero-order valence-corrected chi connectivity index (χ0v) is 25.4. The van der Waals surface area contributed by atoms with Gasteiger partial charge in [0.15, 0.2) is 0 Å². The number of allylic oxidation sites excluding steroid dienone is 2. The van der Waals surface area contributed by atoms with E-state index in [4.69, 9.17) is 15.0 Å². The fourth-order valence-corrected chi connectivity index (χ4v) is 7.61. The molecule has 1 atom stereocenters. The van der Waals surface area contributed by atoms with Gasteiger partial charge in [-0.25, -0.2) is 4.98 Å². The Morgan fingerprint density at radius 3 is 2.41 bits per heavy atom. The molecule has 7 heteroatoms. The van der Waals surface area contributed by atoms with Crippen LogP contribution in [0.3, 0.4) is 0 Å². The average molecular weight is 611 g/mol. The Morgan fingerprint density at radius 2 is 1.54 bits per heavy atom. The van der Waals surface area contributed by atoms with Crippen molar-refractivity contribution in [2.45, 2.75) is 5.37 Å². The molecule has 1 N–H and O–H groups in total. The van der Waals surface area contributed by atoms with Crippen LogP contribution in [0, 0.1) is 0 Å². The summed E-state index contributed by atoms with van der Waals surface area (Å²) in [7, 11) is 0. The van der Waals surface area contributed by atoms with Gasteiger partial charge in [-0.1, -0.05) is 84.6 Å². The molecule has 3 aromatic carbocycles. The third-order valence-corrected chi connectivity index (χ3v) is 9.75. The summed E-state index contributed by atoms with van der Waals surface area (Å²) in [6.45, 7) is 0.538. The highest BCUT2D eigenvalue weighted by molar-refractivity contribution is 8.05. The van der Waals surface area contributed by atoms with E-state index in [1.807, 2.05) is 36.5 Å². The van der Waals surface area contributed by atoms with Gasteiger partial charge in [-0.3, -0.25) is 20.0 Å². The van der Waals surface area contributed by atoms with Crippen LogP contribution in [-0.2, 0) is 0 Å². The van der Waals surface area contributed by atoms with Crippen LogP contribution in [-0.4, -0.2) is 38.4 Å². The predicted molar refractivity (Wildman–Crippen MR) is 188 cm³/mol. The lowest BCUT2D eigenvalue weighted by molar-refractivity contribution is 0.818. The monoisotopic (exact) mass is 610 g/mol. The van der Waals surface area contributed by atoms with Gasteiger partial charge in [0.1, 0.15) is 12.0 Å². The van der Waals surface area contributed by atoms with E-state index < -0.39 is 0 Å². The summed E-state index contributed by atoms with van der Waals surface area (Å²) in [4.78, 5) is 25.1. The maximum Gasteiger partial charge on any atom is 0.128 e. The van der Waals surface area contributed by atoms with Crippen molar-refractivity contribution in [3.05, 3.63) is 161 Å². The molecule has 6 aromatic rings. The van der Waals surface area contributed by atoms with Crippen LogP contribution in [0.5, 0.6) is 0 Å². The summed E-state index contributed by atoms with van der Waals surface area (Å²) in [5, 5.41) is 6.04. The number of fused-ring (bicyclic) bond motifs is 3. The summed E-state index contributed by atoms with van der Waals surface area (Å²) in [6, 6.07) is 37.7. The summed E-state index contributed by atoms with van der Waals surface area (Å²) < 4.78 is 0. The number of aromatic nitrogens is 3. The van der Waals surface area contributed by atoms with Crippen molar-refractivity contribution in [1.82, 2.24) is 20.3 Å². The van der Waals surface area contributed by atoms with Gasteiger partial charge in [0.05, 0.1) is 39.1 Å². The van der Waals surface area contributed by atoms with E-state index >= 15 is 0 Å². The summed E-state index contributed by atoms with van der Waals surface area (Å²) in [6.07, 6.45) is 7.67. The van der Waals surface area contributed by atoms with E-state index in [2.05, 4.69) is 100 Å². The number of pyridine rings is 3. The molecule has 0 fully saturated rings. The first-order valence-corrected chi connectivity index (χ1v) is 16.1. The van der Waals surface area contributed by atoms with Crippen molar-refractivity contribution >= 4 is 34.0 Å². The van der Waals surface area contributed by atoms with Gasteiger partial charge in [0.25, 0.3) is 0 Å². The Hall–Kier alpha value is -5.66. The molecule has 3 aromatic heterocycles. The third-order valence-electron chi connectivity index (χ3n) is 8.54. The maximum atomic E-state index is 5.18. The number of nitrogens with zero attached hydrogens (tertiary/aromatic N) is 5. The minimum absolute atomic E-state index is 0.0294. The predicted octanol–water partition coefficient (Wildman–Crippen LogP) is 8.09. The van der Waals surface area contributed by atoms with Crippen LogP contribution in [0.1, 0.15) is 11.1 Å². The summed E-state index contributed by atoms with van der Waals surface area (Å²) in [5.74, 6) is 0. The van der Waals surface area contributed by atoms with Crippen LogP contribution in [0.2, 0.25) is 0 Å². The van der Waals surface area contributed by atoms with Gasteiger partial charge in [-0.15, -0.1) is 0 Å². The lowest BCUT2D eigenvalue weighted by atomic mass is 9.98. The zero-order chi connectivity index (χ0) is 30.5. The fourth-order valence-electron chi connectivity index (χ4n) is 6.31. The van der Waals surface area contributed by atoms with Crippen molar-refractivity contribution in [3.63, 3.8) is 0 Å². The van der Waals surface area contributed by atoms with Gasteiger partial charge in [-0.2, -0.15) is 0 Å². The lowest BCUT2D eigenvalue weighted by Gasteiger charge is -2.18. The number of hydrogen-bond acceptors (Lipinski definition) is 7. The Kier molecular flexibility index (Phi) is 6.42. The molecule has 0 amide bonds. The number of nitrogens with one attached hydrogen (secondary N) is 1. The second kappa shape index (κ2) is 11.1. The van der Waals surface area contributed by atoms with Gasteiger partial charge in [0, 0.05) is 40.9 Å². The largest absolute Gasteiger partial charge is 0.365 e. The maximum absolute atomic E-state index is 5.18. The Bertz CT molecular complexity index is 2210. The van der Waals surface area contributed by atoms with Crippen molar-refractivity contribution in [3.8, 4) is 33.8 Å². The molecule has 0 radical (unpaired) electrons. The molecule has 0 aliphatic carbocycles. The van der Waals surface area contributed by atoms with Crippen molar-refractivity contribution < 1.29 is 0 Å². The van der Waals surface area contributed by atoms with Crippen LogP contribution >= 0.6 is 11.8 Å². The third kappa shape index (κ3) is 4.64. The van der Waals surface area contributed by atoms with E-state index in [-0.39, 0.29) is 5.37 Å². The quantitative estimate of drug-likeness (QED) is 0.214. The zero-order valence-electron chi connectivity index (χ0n) is 24.6. The van der Waals surface area contributed by atoms with E-state index in [9.17, 15) is 0 Å². The highest BCUT2D eigenvalue weighted by atomic mass is 32.2. The van der Waals surface area contributed by atoms with E-state index in [0.29, 0.717) is 6.67 Å². The smallest absolute Gasteiger partial charge is 0.128 e. The summed E-state index contributed by atoms with van der Waals surface area (Å²) >= 11 is 1.78. The standard InChI is InChI=1S/C39H26N6S/c1-2-10-29-25(7-1)8-5-11-30(29)34-21-31-37-38(46-39(31)45-34)36(42-23-43-37)26-15-13-24(14-16-26)28-19-33(27-9-6-17-40-22-27)44-35(20-28)32-12-3-4-18-41-32/h1-22,39,43H,23H2.